The number of hydrogen-bond acceptors (Lipinski definition) is 3. The maximum absolute atomic E-state index is 13.1. The lowest BCUT2D eigenvalue weighted by Gasteiger charge is -2.18. The molecule has 2 N–H and O–H groups in total. The molecule has 0 heterocycles. The van der Waals surface area contributed by atoms with Crippen molar-refractivity contribution in [3.63, 3.8) is 0 Å². The predicted octanol–water partition coefficient (Wildman–Crippen LogP) is 3.57. The summed E-state index contributed by atoms with van der Waals surface area (Å²) < 4.78 is 24.0. The van der Waals surface area contributed by atoms with Gasteiger partial charge in [-0.05, 0) is 29.8 Å². The molecule has 2 rings (SSSR count). The van der Waals surface area contributed by atoms with E-state index in [2.05, 4.69) is 0 Å². The normalized spacial score (nSPS) is 12.0. The maximum Gasteiger partial charge on any atom is 0.142 e. The smallest absolute Gasteiger partial charge is 0.142 e. The summed E-state index contributed by atoms with van der Waals surface area (Å²) in [5.74, 6) is 0.709. The average Bonchev–Trinajstić information content (AvgIpc) is 2.48. The van der Waals surface area contributed by atoms with Crippen LogP contribution in [0.5, 0.6) is 11.5 Å². The van der Waals surface area contributed by atoms with E-state index in [1.54, 1.807) is 7.11 Å². The van der Waals surface area contributed by atoms with Crippen molar-refractivity contribution in [2.45, 2.75) is 6.10 Å². The Morgan fingerprint density at radius 2 is 2.00 bits per heavy atom. The predicted molar refractivity (Wildman–Crippen MR) is 76.8 cm³/mol. The van der Waals surface area contributed by atoms with Crippen molar-refractivity contribution in [2.24, 2.45) is 5.73 Å². The first kappa shape index (κ1) is 14.6. The highest BCUT2D eigenvalue weighted by Gasteiger charge is 2.13. The average molecular weight is 296 g/mol. The minimum absolute atomic E-state index is 0.0175. The monoisotopic (exact) mass is 295 g/mol. The quantitative estimate of drug-likeness (QED) is 0.917. The highest BCUT2D eigenvalue weighted by atomic mass is 35.5. The molecule has 3 nitrogen and oxygen atoms in total. The molecule has 0 bridgehead atoms. The molecule has 1 atom stereocenters. The molecular weight excluding hydrogens is 281 g/mol. The third-order valence-electron chi connectivity index (χ3n) is 2.85. The van der Waals surface area contributed by atoms with Crippen LogP contribution >= 0.6 is 11.6 Å². The lowest BCUT2D eigenvalue weighted by Crippen LogP contribution is -2.18. The zero-order valence-corrected chi connectivity index (χ0v) is 11.7. The van der Waals surface area contributed by atoms with Crippen LogP contribution in [0.25, 0.3) is 0 Å². The number of halogens is 2. The highest BCUT2D eigenvalue weighted by Crippen LogP contribution is 2.27. The fourth-order valence-electron chi connectivity index (χ4n) is 1.81. The van der Waals surface area contributed by atoms with E-state index in [9.17, 15) is 4.39 Å². The molecule has 2 aromatic rings. The third kappa shape index (κ3) is 3.40. The topological polar surface area (TPSA) is 44.5 Å². The Labute approximate surface area is 122 Å². The van der Waals surface area contributed by atoms with Crippen molar-refractivity contribution in [1.29, 1.82) is 0 Å². The fourth-order valence-corrected chi connectivity index (χ4v) is 1.98. The molecule has 0 aliphatic carbocycles. The van der Waals surface area contributed by atoms with Crippen LogP contribution in [0.4, 0.5) is 4.39 Å². The molecule has 5 heteroatoms. The van der Waals surface area contributed by atoms with Gasteiger partial charge in [0.2, 0.25) is 0 Å². The van der Waals surface area contributed by atoms with Gasteiger partial charge in [0, 0.05) is 12.6 Å². The lowest BCUT2D eigenvalue weighted by atomic mass is 10.1. The molecule has 0 aliphatic heterocycles. The minimum atomic E-state index is -0.482. The van der Waals surface area contributed by atoms with Crippen molar-refractivity contribution >= 4 is 11.6 Å². The molecule has 0 fully saturated rings. The van der Waals surface area contributed by atoms with Crippen LogP contribution in [0.3, 0.4) is 0 Å². The van der Waals surface area contributed by atoms with Gasteiger partial charge in [-0.1, -0.05) is 23.7 Å². The van der Waals surface area contributed by atoms with E-state index in [4.69, 9.17) is 26.8 Å². The first-order chi connectivity index (χ1) is 9.63. The summed E-state index contributed by atoms with van der Waals surface area (Å²) in [6.07, 6.45) is -0.355. The molecule has 0 amide bonds. The van der Waals surface area contributed by atoms with Gasteiger partial charge >= 0.3 is 0 Å². The van der Waals surface area contributed by atoms with Gasteiger partial charge in [-0.15, -0.1) is 0 Å². The number of nitrogens with two attached hydrogens (primary N) is 1. The Kier molecular flexibility index (Phi) is 4.82. The van der Waals surface area contributed by atoms with E-state index in [0.717, 1.165) is 11.3 Å². The molecular formula is C15H15ClFNO2. The van der Waals surface area contributed by atoms with E-state index in [-0.39, 0.29) is 17.7 Å². The molecule has 0 saturated carbocycles. The van der Waals surface area contributed by atoms with Crippen LogP contribution in [0, 0.1) is 5.82 Å². The van der Waals surface area contributed by atoms with Gasteiger partial charge in [0.05, 0.1) is 12.1 Å². The molecule has 0 spiro atoms. The van der Waals surface area contributed by atoms with Crippen LogP contribution in [0.1, 0.15) is 11.7 Å². The van der Waals surface area contributed by atoms with E-state index in [1.165, 1.54) is 18.2 Å². The van der Waals surface area contributed by atoms with Gasteiger partial charge in [-0.2, -0.15) is 0 Å². The van der Waals surface area contributed by atoms with Gasteiger partial charge in [0.1, 0.15) is 23.4 Å². The molecule has 2 aromatic carbocycles. The standard InChI is InChI=1S/C15H15ClFNO2/c1-19-11-4-2-3-10(7-11)15(9-18)20-12-5-6-14(17)13(16)8-12/h2-8,15H,9,18H2,1H3. The molecule has 20 heavy (non-hydrogen) atoms. The molecule has 0 aromatic heterocycles. The second kappa shape index (κ2) is 6.59. The van der Waals surface area contributed by atoms with Crippen LogP contribution < -0.4 is 15.2 Å². The van der Waals surface area contributed by atoms with Gasteiger partial charge in [0.15, 0.2) is 0 Å². The van der Waals surface area contributed by atoms with Gasteiger partial charge in [-0.25, -0.2) is 4.39 Å². The third-order valence-corrected chi connectivity index (χ3v) is 3.14. The molecule has 0 radical (unpaired) electrons. The first-order valence-electron chi connectivity index (χ1n) is 6.09. The van der Waals surface area contributed by atoms with E-state index in [1.807, 2.05) is 24.3 Å². The fraction of sp³-hybridized carbons (Fsp3) is 0.200. The summed E-state index contributed by atoms with van der Waals surface area (Å²) in [6.45, 7) is 0.280. The number of hydrogen-bond donors (Lipinski definition) is 1. The Balaban J connectivity index is 2.21. The van der Waals surface area contributed by atoms with Gasteiger partial charge < -0.3 is 15.2 Å². The van der Waals surface area contributed by atoms with E-state index in [0.29, 0.717) is 5.75 Å². The number of ether oxygens (including phenoxy) is 2. The van der Waals surface area contributed by atoms with Crippen LogP contribution in [0.2, 0.25) is 5.02 Å². The van der Waals surface area contributed by atoms with Crippen molar-refractivity contribution in [1.82, 2.24) is 0 Å². The Morgan fingerprint density at radius 1 is 1.20 bits per heavy atom. The zero-order valence-electron chi connectivity index (χ0n) is 11.0. The van der Waals surface area contributed by atoms with Crippen molar-refractivity contribution in [2.75, 3.05) is 13.7 Å². The summed E-state index contributed by atoms with van der Waals surface area (Å²) in [5.41, 5.74) is 6.62. The number of rotatable bonds is 5. The second-order valence-electron chi connectivity index (χ2n) is 4.19. The Hall–Kier alpha value is -1.78. The minimum Gasteiger partial charge on any atom is -0.497 e. The van der Waals surface area contributed by atoms with Crippen LogP contribution in [0.15, 0.2) is 42.5 Å². The summed E-state index contributed by atoms with van der Waals surface area (Å²) >= 11 is 5.73. The molecule has 0 aliphatic rings. The Morgan fingerprint density at radius 3 is 2.65 bits per heavy atom. The second-order valence-corrected chi connectivity index (χ2v) is 4.60. The molecule has 1 unspecified atom stereocenters. The summed E-state index contributed by atoms with van der Waals surface area (Å²) in [4.78, 5) is 0. The van der Waals surface area contributed by atoms with Crippen molar-refractivity contribution in [3.05, 3.63) is 58.9 Å². The van der Waals surface area contributed by atoms with Crippen LogP contribution in [-0.4, -0.2) is 13.7 Å². The molecule has 106 valence electrons. The van der Waals surface area contributed by atoms with Gasteiger partial charge in [-0.3, -0.25) is 0 Å². The largest absolute Gasteiger partial charge is 0.497 e. The lowest BCUT2D eigenvalue weighted by molar-refractivity contribution is 0.213. The molecule has 0 saturated heterocycles. The SMILES string of the molecule is COc1cccc(C(CN)Oc2ccc(F)c(Cl)c2)c1. The van der Waals surface area contributed by atoms with E-state index < -0.39 is 5.82 Å². The first-order valence-corrected chi connectivity index (χ1v) is 6.47. The summed E-state index contributed by atoms with van der Waals surface area (Å²) in [5, 5.41) is 0.0175. The highest BCUT2D eigenvalue weighted by molar-refractivity contribution is 6.30. The van der Waals surface area contributed by atoms with Crippen molar-refractivity contribution in [3.8, 4) is 11.5 Å². The Bertz CT molecular complexity index is 592. The van der Waals surface area contributed by atoms with Crippen molar-refractivity contribution < 1.29 is 13.9 Å². The summed E-state index contributed by atoms with van der Waals surface area (Å²) in [6, 6.07) is 11.7. The zero-order chi connectivity index (χ0) is 14.5. The van der Waals surface area contributed by atoms with E-state index >= 15 is 0 Å². The number of methoxy groups -OCH3 is 1. The van der Waals surface area contributed by atoms with Gasteiger partial charge in [0.25, 0.3) is 0 Å². The van der Waals surface area contributed by atoms with Crippen LogP contribution in [-0.2, 0) is 0 Å². The maximum atomic E-state index is 13.1. The summed E-state index contributed by atoms with van der Waals surface area (Å²) in [7, 11) is 1.59. The number of benzene rings is 2.